The van der Waals surface area contributed by atoms with Crippen molar-refractivity contribution in [3.8, 4) is 17.2 Å². The van der Waals surface area contributed by atoms with Gasteiger partial charge in [0.1, 0.15) is 30.8 Å². The quantitative estimate of drug-likeness (QED) is 0.211. The van der Waals surface area contributed by atoms with Crippen molar-refractivity contribution in [3.05, 3.63) is 66.7 Å². The van der Waals surface area contributed by atoms with E-state index in [-0.39, 0.29) is 24.0 Å². The number of aliphatic imine (C=N–C) groups is 1. The predicted molar refractivity (Wildman–Crippen MR) is 123 cm³/mol. The SMILES string of the molecule is CN=C(NCCOc1ccc(OC)cc1)NCc1ccc(-n2cncn2)cc1.I. The third-order valence-electron chi connectivity index (χ3n) is 4.03. The third kappa shape index (κ3) is 6.93. The van der Waals surface area contributed by atoms with Crippen molar-refractivity contribution in [2.24, 2.45) is 4.99 Å². The molecule has 2 aromatic carbocycles. The molecule has 0 radical (unpaired) electrons. The van der Waals surface area contributed by atoms with Crippen LogP contribution in [-0.2, 0) is 6.54 Å². The number of nitrogens with zero attached hydrogens (tertiary/aromatic N) is 4. The number of halogens is 1. The van der Waals surface area contributed by atoms with E-state index in [1.807, 2.05) is 48.5 Å². The lowest BCUT2D eigenvalue weighted by atomic mass is 10.2. The van der Waals surface area contributed by atoms with Crippen LogP contribution in [0.1, 0.15) is 5.56 Å². The smallest absolute Gasteiger partial charge is 0.191 e. The molecule has 3 rings (SSSR count). The van der Waals surface area contributed by atoms with Crippen LogP contribution >= 0.6 is 24.0 Å². The Morgan fingerprint density at radius 2 is 1.76 bits per heavy atom. The van der Waals surface area contributed by atoms with Gasteiger partial charge in [0.25, 0.3) is 0 Å². The Balaban J connectivity index is 0.00000300. The fourth-order valence-corrected chi connectivity index (χ4v) is 2.52. The van der Waals surface area contributed by atoms with Crippen LogP contribution in [0.25, 0.3) is 5.69 Å². The number of benzene rings is 2. The molecule has 0 aliphatic carbocycles. The van der Waals surface area contributed by atoms with Crippen LogP contribution in [0.15, 0.2) is 66.2 Å². The topological polar surface area (TPSA) is 85.6 Å². The molecule has 154 valence electrons. The summed E-state index contributed by atoms with van der Waals surface area (Å²) in [5.41, 5.74) is 2.11. The highest BCUT2D eigenvalue weighted by Gasteiger charge is 2.01. The standard InChI is InChI=1S/C20H24N6O2.HI/c1-21-20(23-11-12-28-19-9-7-18(27-2)8-10-19)24-13-16-3-5-17(6-4-16)26-15-22-14-25-26;/h3-10,14-15H,11-13H2,1-2H3,(H2,21,23,24);1H. The highest BCUT2D eigenvalue weighted by Crippen LogP contribution is 2.16. The molecule has 0 unspecified atom stereocenters. The van der Waals surface area contributed by atoms with Crippen molar-refractivity contribution in [2.75, 3.05) is 27.3 Å². The van der Waals surface area contributed by atoms with E-state index in [4.69, 9.17) is 9.47 Å². The molecule has 2 N–H and O–H groups in total. The van der Waals surface area contributed by atoms with Crippen molar-refractivity contribution < 1.29 is 9.47 Å². The largest absolute Gasteiger partial charge is 0.497 e. The zero-order valence-corrected chi connectivity index (χ0v) is 18.7. The second-order valence-corrected chi connectivity index (χ2v) is 5.88. The minimum Gasteiger partial charge on any atom is -0.497 e. The minimum absolute atomic E-state index is 0. The lowest BCUT2D eigenvalue weighted by Crippen LogP contribution is -2.38. The van der Waals surface area contributed by atoms with Crippen LogP contribution in [0.5, 0.6) is 11.5 Å². The number of guanidine groups is 1. The number of ether oxygens (including phenoxy) is 2. The maximum Gasteiger partial charge on any atom is 0.191 e. The van der Waals surface area contributed by atoms with E-state index in [0.717, 1.165) is 28.7 Å². The van der Waals surface area contributed by atoms with Gasteiger partial charge in [0.2, 0.25) is 0 Å². The summed E-state index contributed by atoms with van der Waals surface area (Å²) < 4.78 is 12.6. The van der Waals surface area contributed by atoms with E-state index < -0.39 is 0 Å². The van der Waals surface area contributed by atoms with E-state index in [2.05, 4.69) is 25.7 Å². The fourth-order valence-electron chi connectivity index (χ4n) is 2.52. The normalized spacial score (nSPS) is 10.8. The minimum atomic E-state index is 0. The Morgan fingerprint density at radius 1 is 1.03 bits per heavy atom. The molecule has 0 atom stereocenters. The molecule has 9 heteroatoms. The van der Waals surface area contributed by atoms with Gasteiger partial charge < -0.3 is 20.1 Å². The molecule has 0 saturated heterocycles. The van der Waals surface area contributed by atoms with Gasteiger partial charge in [-0.2, -0.15) is 5.10 Å². The Kier molecular flexibility index (Phi) is 9.22. The molecule has 8 nitrogen and oxygen atoms in total. The number of methoxy groups -OCH3 is 1. The van der Waals surface area contributed by atoms with Gasteiger partial charge >= 0.3 is 0 Å². The summed E-state index contributed by atoms with van der Waals surface area (Å²) in [6, 6.07) is 15.6. The van der Waals surface area contributed by atoms with Crippen LogP contribution < -0.4 is 20.1 Å². The first-order valence-electron chi connectivity index (χ1n) is 8.94. The summed E-state index contributed by atoms with van der Waals surface area (Å²) in [6.07, 6.45) is 3.19. The Labute approximate surface area is 187 Å². The number of nitrogens with one attached hydrogen (secondary N) is 2. The van der Waals surface area contributed by atoms with Crippen molar-refractivity contribution in [1.29, 1.82) is 0 Å². The zero-order valence-electron chi connectivity index (χ0n) is 16.4. The molecule has 0 aliphatic rings. The van der Waals surface area contributed by atoms with Crippen molar-refractivity contribution in [1.82, 2.24) is 25.4 Å². The lowest BCUT2D eigenvalue weighted by molar-refractivity contribution is 0.321. The van der Waals surface area contributed by atoms with E-state index in [1.54, 1.807) is 25.2 Å². The highest BCUT2D eigenvalue weighted by molar-refractivity contribution is 14.0. The summed E-state index contributed by atoms with van der Waals surface area (Å²) in [6.45, 7) is 1.83. The number of aromatic nitrogens is 3. The monoisotopic (exact) mass is 508 g/mol. The number of hydrogen-bond donors (Lipinski definition) is 2. The average molecular weight is 508 g/mol. The van der Waals surface area contributed by atoms with Crippen molar-refractivity contribution in [3.63, 3.8) is 0 Å². The predicted octanol–water partition coefficient (Wildman–Crippen LogP) is 2.64. The van der Waals surface area contributed by atoms with E-state index >= 15 is 0 Å². The third-order valence-corrected chi connectivity index (χ3v) is 4.03. The summed E-state index contributed by atoms with van der Waals surface area (Å²) in [5.74, 6) is 2.33. The molecule has 0 bridgehead atoms. The molecule has 0 fully saturated rings. The van der Waals surface area contributed by atoms with E-state index in [9.17, 15) is 0 Å². The van der Waals surface area contributed by atoms with Crippen LogP contribution in [-0.4, -0.2) is 48.0 Å². The maximum atomic E-state index is 5.70. The Morgan fingerprint density at radius 3 is 2.38 bits per heavy atom. The van der Waals surface area contributed by atoms with Gasteiger partial charge in [0, 0.05) is 13.6 Å². The molecule has 0 amide bonds. The first-order valence-corrected chi connectivity index (χ1v) is 8.94. The Hall–Kier alpha value is -2.82. The van der Waals surface area contributed by atoms with Gasteiger partial charge in [0.15, 0.2) is 5.96 Å². The van der Waals surface area contributed by atoms with Crippen molar-refractivity contribution >= 4 is 29.9 Å². The lowest BCUT2D eigenvalue weighted by Gasteiger charge is -2.13. The van der Waals surface area contributed by atoms with Crippen LogP contribution in [0.4, 0.5) is 0 Å². The second kappa shape index (κ2) is 11.9. The van der Waals surface area contributed by atoms with Gasteiger partial charge in [-0.3, -0.25) is 4.99 Å². The molecule has 1 aromatic heterocycles. The van der Waals surface area contributed by atoms with Gasteiger partial charge in [-0.15, -0.1) is 24.0 Å². The maximum absolute atomic E-state index is 5.70. The molecular weight excluding hydrogens is 483 g/mol. The second-order valence-electron chi connectivity index (χ2n) is 5.88. The van der Waals surface area contributed by atoms with Gasteiger partial charge in [-0.05, 0) is 42.0 Å². The van der Waals surface area contributed by atoms with Gasteiger partial charge in [-0.1, -0.05) is 12.1 Å². The molecule has 0 aliphatic heterocycles. The Bertz CT molecular complexity index is 867. The van der Waals surface area contributed by atoms with E-state index in [1.165, 1.54) is 6.33 Å². The molecular formula is C20H25IN6O2. The van der Waals surface area contributed by atoms with Crippen molar-refractivity contribution in [2.45, 2.75) is 6.54 Å². The molecule has 29 heavy (non-hydrogen) atoms. The van der Waals surface area contributed by atoms with Gasteiger partial charge in [-0.25, -0.2) is 9.67 Å². The summed E-state index contributed by atoms with van der Waals surface area (Å²) in [4.78, 5) is 8.18. The molecule has 3 aromatic rings. The number of rotatable bonds is 8. The molecule has 1 heterocycles. The highest BCUT2D eigenvalue weighted by atomic mass is 127. The van der Waals surface area contributed by atoms with Crippen LogP contribution in [0.2, 0.25) is 0 Å². The zero-order chi connectivity index (χ0) is 19.6. The van der Waals surface area contributed by atoms with Crippen LogP contribution in [0, 0.1) is 0 Å². The average Bonchev–Trinajstić information content (AvgIpc) is 3.29. The number of hydrogen-bond acceptors (Lipinski definition) is 5. The summed E-state index contributed by atoms with van der Waals surface area (Å²) in [7, 11) is 3.39. The molecule has 0 saturated carbocycles. The summed E-state index contributed by atoms with van der Waals surface area (Å²) in [5, 5.41) is 10.6. The first-order chi connectivity index (χ1) is 13.8. The summed E-state index contributed by atoms with van der Waals surface area (Å²) >= 11 is 0. The van der Waals surface area contributed by atoms with Gasteiger partial charge in [0.05, 0.1) is 19.3 Å². The van der Waals surface area contributed by atoms with Crippen LogP contribution in [0.3, 0.4) is 0 Å². The first kappa shape index (κ1) is 22.5. The molecule has 0 spiro atoms. The fraction of sp³-hybridized carbons (Fsp3) is 0.250. The van der Waals surface area contributed by atoms with E-state index in [0.29, 0.717) is 19.7 Å².